The Balaban J connectivity index is 2.69. The zero-order chi connectivity index (χ0) is 16.4. The van der Waals surface area contributed by atoms with Crippen LogP contribution >= 0.6 is 0 Å². The van der Waals surface area contributed by atoms with E-state index in [1.807, 2.05) is 0 Å². The second kappa shape index (κ2) is 9.92. The number of nitrogens with one attached hydrogen (secondary N) is 2. The van der Waals surface area contributed by atoms with Crippen LogP contribution in [0.3, 0.4) is 0 Å². The lowest BCUT2D eigenvalue weighted by molar-refractivity contribution is -0.115. The Morgan fingerprint density at radius 3 is 2.64 bits per heavy atom. The topological polar surface area (TPSA) is 93.4 Å². The molecule has 1 rings (SSSR count). The quantitative estimate of drug-likeness (QED) is 0.450. The van der Waals surface area contributed by atoms with Gasteiger partial charge in [0.25, 0.3) is 0 Å². The molecular formula is C16H25N3O3. The third kappa shape index (κ3) is 6.24. The van der Waals surface area contributed by atoms with Gasteiger partial charge in [-0.15, -0.1) is 0 Å². The monoisotopic (exact) mass is 307 g/mol. The number of anilines is 1. The van der Waals surface area contributed by atoms with Gasteiger partial charge in [0, 0.05) is 5.69 Å². The summed E-state index contributed by atoms with van der Waals surface area (Å²) in [4.78, 5) is 23.3. The fraction of sp³-hybridized carbons (Fsp3) is 0.500. The maximum Gasteiger partial charge on any atom is 0.238 e. The molecule has 6 heteroatoms. The first-order valence-corrected chi connectivity index (χ1v) is 7.50. The molecule has 6 nitrogen and oxygen atoms in total. The number of hydrogen-bond acceptors (Lipinski definition) is 5. The summed E-state index contributed by atoms with van der Waals surface area (Å²) in [5, 5.41) is 5.49. The van der Waals surface area contributed by atoms with Crippen molar-refractivity contribution in [3.05, 3.63) is 23.8 Å². The van der Waals surface area contributed by atoms with Gasteiger partial charge in [-0.2, -0.15) is 0 Å². The number of likely N-dealkylation sites (N-methyl/N-ethyl adjacent to an activating group) is 1. The molecule has 0 aromatic heterocycles. The largest absolute Gasteiger partial charge is 0.493 e. The number of rotatable bonds is 10. The van der Waals surface area contributed by atoms with Crippen LogP contribution in [0.15, 0.2) is 18.2 Å². The van der Waals surface area contributed by atoms with Crippen LogP contribution in [0.2, 0.25) is 0 Å². The zero-order valence-electron chi connectivity index (χ0n) is 13.3. The van der Waals surface area contributed by atoms with E-state index in [1.165, 1.54) is 6.92 Å². The van der Waals surface area contributed by atoms with Gasteiger partial charge in [0.1, 0.15) is 5.75 Å². The summed E-state index contributed by atoms with van der Waals surface area (Å²) in [7, 11) is 1.70. The summed E-state index contributed by atoms with van der Waals surface area (Å²) in [6.07, 6.45) is 2.87. The normalized spacial score (nSPS) is 10.3. The molecule has 0 aliphatic carbocycles. The number of carbonyl (C=O) groups excluding carboxylic acids is 2. The van der Waals surface area contributed by atoms with Crippen molar-refractivity contribution in [3.63, 3.8) is 0 Å². The molecule has 0 heterocycles. The number of ether oxygens (including phenoxy) is 1. The molecule has 0 radical (unpaired) electrons. The van der Waals surface area contributed by atoms with Crippen LogP contribution in [0.25, 0.3) is 0 Å². The third-order valence-corrected chi connectivity index (χ3v) is 3.09. The van der Waals surface area contributed by atoms with E-state index >= 15 is 0 Å². The molecule has 0 fully saturated rings. The van der Waals surface area contributed by atoms with Crippen molar-refractivity contribution in [1.82, 2.24) is 5.32 Å². The molecule has 0 atom stereocenters. The number of benzene rings is 1. The van der Waals surface area contributed by atoms with E-state index in [0.717, 1.165) is 19.3 Å². The SMILES string of the molecule is CNCC(=O)Nc1ccc(OCCCCCN)c(C(C)=O)c1. The van der Waals surface area contributed by atoms with Crippen molar-refractivity contribution < 1.29 is 14.3 Å². The first kappa shape index (κ1) is 18.1. The average molecular weight is 307 g/mol. The van der Waals surface area contributed by atoms with Gasteiger partial charge in [0.15, 0.2) is 5.78 Å². The molecular weight excluding hydrogens is 282 g/mol. The number of ketones is 1. The Kier molecular flexibility index (Phi) is 8.17. The molecule has 1 aromatic rings. The molecule has 122 valence electrons. The second-order valence-electron chi connectivity index (χ2n) is 5.04. The molecule has 0 bridgehead atoms. The molecule has 4 N–H and O–H groups in total. The van der Waals surface area contributed by atoms with Crippen LogP contribution in [-0.2, 0) is 4.79 Å². The standard InChI is InChI=1S/C16H25N3O3/c1-12(20)14-10-13(19-16(21)11-18-2)6-7-15(14)22-9-5-3-4-8-17/h6-7,10,18H,3-5,8-9,11,17H2,1-2H3,(H,19,21). The summed E-state index contributed by atoms with van der Waals surface area (Å²) in [5.74, 6) is 0.293. The van der Waals surface area contributed by atoms with Gasteiger partial charge >= 0.3 is 0 Å². The predicted octanol–water partition coefficient (Wildman–Crippen LogP) is 1.55. The summed E-state index contributed by atoms with van der Waals surface area (Å²) in [6.45, 7) is 2.93. The molecule has 22 heavy (non-hydrogen) atoms. The number of hydrogen-bond donors (Lipinski definition) is 3. The maximum atomic E-state index is 11.7. The van der Waals surface area contributed by atoms with Crippen LogP contribution in [0, 0.1) is 0 Å². The van der Waals surface area contributed by atoms with Crippen molar-refractivity contribution in [2.24, 2.45) is 5.73 Å². The van der Waals surface area contributed by atoms with Crippen molar-refractivity contribution >= 4 is 17.4 Å². The lowest BCUT2D eigenvalue weighted by atomic mass is 10.1. The molecule has 0 unspecified atom stereocenters. The van der Waals surface area contributed by atoms with Crippen molar-refractivity contribution in [1.29, 1.82) is 0 Å². The second-order valence-corrected chi connectivity index (χ2v) is 5.04. The number of carbonyl (C=O) groups is 2. The Labute approximate surface area is 131 Å². The van der Waals surface area contributed by atoms with Crippen LogP contribution in [-0.4, -0.2) is 38.4 Å². The Hall–Kier alpha value is -1.92. The minimum atomic E-state index is -0.160. The highest BCUT2D eigenvalue weighted by Crippen LogP contribution is 2.24. The highest BCUT2D eigenvalue weighted by Gasteiger charge is 2.11. The van der Waals surface area contributed by atoms with Gasteiger partial charge in [0.2, 0.25) is 5.91 Å². The van der Waals surface area contributed by atoms with E-state index in [4.69, 9.17) is 10.5 Å². The fourth-order valence-electron chi connectivity index (χ4n) is 1.98. The lowest BCUT2D eigenvalue weighted by Crippen LogP contribution is -2.25. The van der Waals surface area contributed by atoms with Crippen molar-refractivity contribution in [2.75, 3.05) is 32.1 Å². The van der Waals surface area contributed by atoms with E-state index in [9.17, 15) is 9.59 Å². The Morgan fingerprint density at radius 1 is 1.23 bits per heavy atom. The van der Waals surface area contributed by atoms with E-state index in [1.54, 1.807) is 25.2 Å². The van der Waals surface area contributed by atoms with Crippen LogP contribution < -0.4 is 21.1 Å². The van der Waals surface area contributed by atoms with E-state index in [2.05, 4.69) is 10.6 Å². The molecule has 0 aliphatic heterocycles. The molecule has 0 aliphatic rings. The Bertz CT molecular complexity index is 503. The molecule has 0 spiro atoms. The summed E-state index contributed by atoms with van der Waals surface area (Å²) >= 11 is 0. The number of amides is 1. The van der Waals surface area contributed by atoms with Gasteiger partial charge in [-0.1, -0.05) is 0 Å². The maximum absolute atomic E-state index is 11.7. The highest BCUT2D eigenvalue weighted by molar-refractivity contribution is 5.99. The number of nitrogens with two attached hydrogens (primary N) is 1. The molecule has 1 amide bonds. The van der Waals surface area contributed by atoms with E-state index < -0.39 is 0 Å². The lowest BCUT2D eigenvalue weighted by Gasteiger charge is -2.12. The molecule has 1 aromatic carbocycles. The van der Waals surface area contributed by atoms with Gasteiger partial charge in [0.05, 0.1) is 18.7 Å². The van der Waals surface area contributed by atoms with E-state index in [-0.39, 0.29) is 18.2 Å². The zero-order valence-corrected chi connectivity index (χ0v) is 13.3. The van der Waals surface area contributed by atoms with Crippen molar-refractivity contribution in [2.45, 2.75) is 26.2 Å². The summed E-state index contributed by atoms with van der Waals surface area (Å²) in [6, 6.07) is 5.09. The molecule has 0 saturated carbocycles. The van der Waals surface area contributed by atoms with Crippen LogP contribution in [0.1, 0.15) is 36.5 Å². The summed E-state index contributed by atoms with van der Waals surface area (Å²) < 4.78 is 5.67. The highest BCUT2D eigenvalue weighted by atomic mass is 16.5. The van der Waals surface area contributed by atoms with Gasteiger partial charge in [-0.3, -0.25) is 9.59 Å². The number of Topliss-reactive ketones (excluding diaryl/α,β-unsaturated/α-hetero) is 1. The number of unbranched alkanes of at least 4 members (excludes halogenated alkanes) is 2. The van der Waals surface area contributed by atoms with Crippen molar-refractivity contribution in [3.8, 4) is 5.75 Å². The average Bonchev–Trinajstić information content (AvgIpc) is 2.48. The van der Waals surface area contributed by atoms with Gasteiger partial charge in [-0.05, 0) is 58.0 Å². The van der Waals surface area contributed by atoms with Crippen LogP contribution in [0.5, 0.6) is 5.75 Å². The molecule has 0 saturated heterocycles. The predicted molar refractivity (Wildman–Crippen MR) is 87.4 cm³/mol. The first-order valence-electron chi connectivity index (χ1n) is 7.50. The third-order valence-electron chi connectivity index (χ3n) is 3.09. The Morgan fingerprint density at radius 2 is 2.00 bits per heavy atom. The van der Waals surface area contributed by atoms with Gasteiger partial charge in [-0.25, -0.2) is 0 Å². The van der Waals surface area contributed by atoms with Crippen LogP contribution in [0.4, 0.5) is 5.69 Å². The van der Waals surface area contributed by atoms with Gasteiger partial charge < -0.3 is 21.1 Å². The minimum absolute atomic E-state index is 0.0957. The summed E-state index contributed by atoms with van der Waals surface area (Å²) in [5.41, 5.74) is 6.50. The fourth-order valence-corrected chi connectivity index (χ4v) is 1.98. The first-order chi connectivity index (χ1) is 10.6. The minimum Gasteiger partial charge on any atom is -0.493 e. The van der Waals surface area contributed by atoms with E-state index in [0.29, 0.717) is 30.2 Å². The smallest absolute Gasteiger partial charge is 0.238 e.